The average molecular weight is 323 g/mol. The standard InChI is InChI=1S/C19H19N2OS/c1-15-7-9-17(10-8-15)18(22)12-21-13-19(23-14-21)20-11-16-5-3-2-4-6-16/h2-10,13-14,20H,11-12H2,1H3/q+1. The molecule has 116 valence electrons. The SMILES string of the molecule is Cc1ccc(C(=O)C[n+]2csc(NCc3ccccc3)c2)cc1. The zero-order chi connectivity index (χ0) is 16.1. The Morgan fingerprint density at radius 1 is 1.09 bits per heavy atom. The van der Waals surface area contributed by atoms with Gasteiger partial charge in [0.25, 0.3) is 0 Å². The molecule has 0 saturated heterocycles. The number of hydrogen-bond acceptors (Lipinski definition) is 3. The molecule has 23 heavy (non-hydrogen) atoms. The van der Waals surface area contributed by atoms with Crippen LogP contribution in [0.1, 0.15) is 21.5 Å². The van der Waals surface area contributed by atoms with Crippen molar-refractivity contribution in [3.8, 4) is 0 Å². The van der Waals surface area contributed by atoms with E-state index in [0.717, 1.165) is 22.7 Å². The Balaban J connectivity index is 1.58. The molecule has 0 saturated carbocycles. The summed E-state index contributed by atoms with van der Waals surface area (Å²) in [5.74, 6) is 0.127. The van der Waals surface area contributed by atoms with Gasteiger partial charge in [-0.1, -0.05) is 71.5 Å². The third kappa shape index (κ3) is 4.27. The minimum Gasteiger partial charge on any atom is -0.368 e. The average Bonchev–Trinajstić information content (AvgIpc) is 3.02. The number of carbonyl (C=O) groups excluding carboxylic acids is 1. The van der Waals surface area contributed by atoms with E-state index in [1.807, 2.05) is 65.7 Å². The van der Waals surface area contributed by atoms with Crippen LogP contribution in [0.25, 0.3) is 0 Å². The molecule has 1 heterocycles. The first kappa shape index (κ1) is 15.4. The minimum atomic E-state index is 0.127. The quantitative estimate of drug-likeness (QED) is 0.552. The van der Waals surface area contributed by atoms with Gasteiger partial charge in [0.1, 0.15) is 0 Å². The zero-order valence-electron chi connectivity index (χ0n) is 13.0. The van der Waals surface area contributed by atoms with Crippen molar-refractivity contribution in [3.63, 3.8) is 0 Å². The van der Waals surface area contributed by atoms with E-state index >= 15 is 0 Å². The monoisotopic (exact) mass is 323 g/mol. The molecule has 0 spiro atoms. The summed E-state index contributed by atoms with van der Waals surface area (Å²) < 4.78 is 1.93. The largest absolute Gasteiger partial charge is 0.368 e. The van der Waals surface area contributed by atoms with E-state index in [4.69, 9.17) is 0 Å². The van der Waals surface area contributed by atoms with Gasteiger partial charge in [0.05, 0.1) is 0 Å². The summed E-state index contributed by atoms with van der Waals surface area (Å²) in [6.07, 6.45) is 1.99. The Bertz CT molecular complexity index is 779. The summed E-state index contributed by atoms with van der Waals surface area (Å²) in [5, 5.41) is 4.45. The number of nitrogens with one attached hydrogen (secondary N) is 1. The fraction of sp³-hybridized carbons (Fsp3) is 0.158. The number of anilines is 1. The van der Waals surface area contributed by atoms with Crippen LogP contribution in [0, 0.1) is 6.92 Å². The van der Waals surface area contributed by atoms with E-state index < -0.39 is 0 Å². The smallest absolute Gasteiger partial charge is 0.227 e. The second-order valence-corrected chi connectivity index (χ2v) is 6.40. The zero-order valence-corrected chi connectivity index (χ0v) is 13.8. The molecule has 0 fully saturated rings. The van der Waals surface area contributed by atoms with E-state index in [0.29, 0.717) is 6.54 Å². The van der Waals surface area contributed by atoms with Crippen molar-refractivity contribution in [2.45, 2.75) is 20.0 Å². The summed E-state index contributed by atoms with van der Waals surface area (Å²) in [6.45, 7) is 3.17. The number of Topliss-reactive ketones (excluding diaryl/α,β-unsaturated/α-hetero) is 1. The number of thiazole rings is 1. The van der Waals surface area contributed by atoms with E-state index in [1.165, 1.54) is 5.56 Å². The highest BCUT2D eigenvalue weighted by Gasteiger charge is 2.14. The molecule has 0 atom stereocenters. The molecule has 1 N–H and O–H groups in total. The van der Waals surface area contributed by atoms with Crippen LogP contribution in [0.3, 0.4) is 0 Å². The molecule has 2 aromatic carbocycles. The van der Waals surface area contributed by atoms with Crippen molar-refractivity contribution in [1.82, 2.24) is 0 Å². The van der Waals surface area contributed by atoms with Crippen LogP contribution in [-0.2, 0) is 13.1 Å². The van der Waals surface area contributed by atoms with Gasteiger partial charge in [0.2, 0.25) is 24.0 Å². The van der Waals surface area contributed by atoms with E-state index in [9.17, 15) is 4.79 Å². The van der Waals surface area contributed by atoms with Gasteiger partial charge in [-0.3, -0.25) is 4.79 Å². The Morgan fingerprint density at radius 2 is 1.83 bits per heavy atom. The van der Waals surface area contributed by atoms with Crippen molar-refractivity contribution in [3.05, 3.63) is 83.0 Å². The molecule has 0 amide bonds. The first-order chi connectivity index (χ1) is 11.2. The third-order valence-electron chi connectivity index (χ3n) is 3.61. The summed E-state index contributed by atoms with van der Waals surface area (Å²) >= 11 is 1.61. The second-order valence-electron chi connectivity index (χ2n) is 5.52. The van der Waals surface area contributed by atoms with Crippen molar-refractivity contribution in [1.29, 1.82) is 0 Å². The molecule has 3 aromatic rings. The van der Waals surface area contributed by atoms with E-state index in [1.54, 1.807) is 11.3 Å². The van der Waals surface area contributed by atoms with Gasteiger partial charge in [0, 0.05) is 12.1 Å². The van der Waals surface area contributed by atoms with Crippen LogP contribution in [0.2, 0.25) is 0 Å². The summed E-state index contributed by atoms with van der Waals surface area (Å²) in [6, 6.07) is 18.0. The Kier molecular flexibility index (Phi) is 4.83. The number of ketones is 1. The Labute approximate surface area is 140 Å². The lowest BCUT2D eigenvalue weighted by Crippen LogP contribution is -2.35. The van der Waals surface area contributed by atoms with Crippen LogP contribution in [-0.4, -0.2) is 5.78 Å². The van der Waals surface area contributed by atoms with Crippen molar-refractivity contribution < 1.29 is 9.36 Å². The van der Waals surface area contributed by atoms with Gasteiger partial charge < -0.3 is 5.32 Å². The number of rotatable bonds is 6. The molecule has 0 aliphatic heterocycles. The number of nitrogens with zero attached hydrogens (tertiary/aromatic N) is 1. The highest BCUT2D eigenvalue weighted by molar-refractivity contribution is 7.13. The van der Waals surface area contributed by atoms with E-state index in [-0.39, 0.29) is 5.78 Å². The van der Waals surface area contributed by atoms with E-state index in [2.05, 4.69) is 17.4 Å². The lowest BCUT2D eigenvalue weighted by Gasteiger charge is -2.01. The van der Waals surface area contributed by atoms with Crippen LogP contribution < -0.4 is 9.88 Å². The highest BCUT2D eigenvalue weighted by Crippen LogP contribution is 2.13. The lowest BCUT2D eigenvalue weighted by atomic mass is 10.1. The molecule has 0 unspecified atom stereocenters. The summed E-state index contributed by atoms with van der Waals surface area (Å²) in [4.78, 5) is 12.3. The Morgan fingerprint density at radius 3 is 2.57 bits per heavy atom. The van der Waals surface area contributed by atoms with Crippen molar-refractivity contribution in [2.24, 2.45) is 0 Å². The maximum absolute atomic E-state index is 12.3. The molecule has 0 aliphatic carbocycles. The molecule has 1 aromatic heterocycles. The Hall–Kier alpha value is -2.46. The minimum absolute atomic E-state index is 0.127. The fourth-order valence-electron chi connectivity index (χ4n) is 2.29. The third-order valence-corrected chi connectivity index (χ3v) is 4.49. The van der Waals surface area contributed by atoms with Gasteiger partial charge in [-0.25, -0.2) is 0 Å². The van der Waals surface area contributed by atoms with Gasteiger partial charge in [0.15, 0.2) is 5.00 Å². The molecule has 4 heteroatoms. The molecule has 0 bridgehead atoms. The highest BCUT2D eigenvalue weighted by atomic mass is 32.1. The normalized spacial score (nSPS) is 10.5. The summed E-state index contributed by atoms with van der Waals surface area (Å²) in [5.41, 5.74) is 5.13. The molecule has 3 rings (SSSR count). The van der Waals surface area contributed by atoms with Crippen LogP contribution >= 0.6 is 11.3 Å². The number of aromatic nitrogens is 1. The second kappa shape index (κ2) is 7.20. The number of benzene rings is 2. The van der Waals surface area contributed by atoms with Crippen LogP contribution in [0.15, 0.2) is 66.3 Å². The van der Waals surface area contributed by atoms with Crippen molar-refractivity contribution >= 4 is 22.1 Å². The number of hydrogen-bond donors (Lipinski definition) is 1. The number of carbonyl (C=O) groups is 1. The predicted octanol–water partition coefficient (Wildman–Crippen LogP) is 3.84. The topological polar surface area (TPSA) is 33.0 Å². The maximum atomic E-state index is 12.3. The first-order valence-corrected chi connectivity index (χ1v) is 8.44. The van der Waals surface area contributed by atoms with Crippen LogP contribution in [0.5, 0.6) is 0 Å². The fourth-order valence-corrected chi connectivity index (χ4v) is 3.02. The molecule has 0 aliphatic rings. The van der Waals surface area contributed by atoms with Crippen molar-refractivity contribution in [2.75, 3.05) is 5.32 Å². The van der Waals surface area contributed by atoms with Gasteiger partial charge in [-0.2, -0.15) is 4.57 Å². The molecular formula is C19H19N2OS+. The molecular weight excluding hydrogens is 304 g/mol. The maximum Gasteiger partial charge on any atom is 0.227 e. The van der Waals surface area contributed by atoms with Gasteiger partial charge in [-0.15, -0.1) is 0 Å². The molecule has 3 nitrogen and oxygen atoms in total. The first-order valence-electron chi connectivity index (χ1n) is 7.56. The lowest BCUT2D eigenvalue weighted by molar-refractivity contribution is -0.677. The number of aryl methyl sites for hydroxylation is 1. The predicted molar refractivity (Wildman–Crippen MR) is 93.8 cm³/mol. The van der Waals surface area contributed by atoms with Gasteiger partial charge in [-0.05, 0) is 12.5 Å². The summed E-state index contributed by atoms with van der Waals surface area (Å²) in [7, 11) is 0. The van der Waals surface area contributed by atoms with Gasteiger partial charge >= 0.3 is 0 Å². The molecule has 0 radical (unpaired) electrons. The van der Waals surface area contributed by atoms with Crippen LogP contribution in [0.4, 0.5) is 5.00 Å².